The van der Waals surface area contributed by atoms with Gasteiger partial charge in [0.2, 0.25) is 0 Å². The molecule has 0 spiro atoms. The number of rotatable bonds is 4. The fourth-order valence-corrected chi connectivity index (χ4v) is 1.86. The van der Waals surface area contributed by atoms with Crippen molar-refractivity contribution in [1.29, 1.82) is 0 Å². The predicted octanol–water partition coefficient (Wildman–Crippen LogP) is 3.03. The molecule has 0 aliphatic carbocycles. The average molecular weight is 263 g/mol. The lowest BCUT2D eigenvalue weighted by molar-refractivity contribution is 0.572. The molecule has 0 atom stereocenters. The van der Waals surface area contributed by atoms with E-state index in [1.165, 1.54) is 12.1 Å². The molecule has 1 aromatic heterocycles. The van der Waals surface area contributed by atoms with Crippen LogP contribution in [0.4, 0.5) is 14.6 Å². The molecular formula is C14H15F2N3. The van der Waals surface area contributed by atoms with Crippen LogP contribution in [0, 0.1) is 25.5 Å². The van der Waals surface area contributed by atoms with Gasteiger partial charge in [0.15, 0.2) is 0 Å². The topological polar surface area (TPSA) is 37.8 Å². The number of aromatic nitrogens is 2. The molecule has 0 aliphatic rings. The second-order valence-electron chi connectivity index (χ2n) is 4.35. The van der Waals surface area contributed by atoms with Gasteiger partial charge in [-0.05, 0) is 31.9 Å². The van der Waals surface area contributed by atoms with Crippen molar-refractivity contribution in [1.82, 2.24) is 9.97 Å². The van der Waals surface area contributed by atoms with Gasteiger partial charge in [0, 0.05) is 24.4 Å². The Labute approximate surface area is 110 Å². The highest BCUT2D eigenvalue weighted by molar-refractivity contribution is 5.36. The molecule has 100 valence electrons. The molecule has 2 rings (SSSR count). The maximum Gasteiger partial charge on any atom is 0.129 e. The summed E-state index contributed by atoms with van der Waals surface area (Å²) in [5.41, 5.74) is 1.36. The van der Waals surface area contributed by atoms with E-state index >= 15 is 0 Å². The summed E-state index contributed by atoms with van der Waals surface area (Å²) in [6.07, 6.45) is 0.466. The summed E-state index contributed by atoms with van der Waals surface area (Å²) < 4.78 is 26.2. The highest BCUT2D eigenvalue weighted by Gasteiger charge is 2.04. The number of nitrogens with one attached hydrogen (secondary N) is 1. The first-order valence-electron chi connectivity index (χ1n) is 6.04. The summed E-state index contributed by atoms with van der Waals surface area (Å²) in [5.74, 6) is 0.330. The molecule has 1 aromatic carbocycles. The molecular weight excluding hydrogens is 248 g/mol. The van der Waals surface area contributed by atoms with E-state index < -0.39 is 11.6 Å². The van der Waals surface area contributed by atoms with Crippen molar-refractivity contribution in [3.05, 3.63) is 53.0 Å². The van der Waals surface area contributed by atoms with Gasteiger partial charge in [-0.15, -0.1) is 0 Å². The van der Waals surface area contributed by atoms with Crippen molar-refractivity contribution in [3.63, 3.8) is 0 Å². The summed E-state index contributed by atoms with van der Waals surface area (Å²) in [6, 6.07) is 5.45. The molecule has 1 N–H and O–H groups in total. The number of nitrogens with zero attached hydrogens (tertiary/aromatic N) is 2. The third kappa shape index (κ3) is 3.71. The summed E-state index contributed by atoms with van der Waals surface area (Å²) in [4.78, 5) is 8.40. The van der Waals surface area contributed by atoms with E-state index in [1.54, 1.807) is 0 Å². The molecule has 0 saturated heterocycles. The number of anilines is 1. The van der Waals surface area contributed by atoms with Crippen LogP contribution >= 0.6 is 0 Å². The first-order valence-corrected chi connectivity index (χ1v) is 6.04. The first-order chi connectivity index (χ1) is 9.04. The second-order valence-corrected chi connectivity index (χ2v) is 4.35. The fraction of sp³-hybridized carbons (Fsp3) is 0.286. The lowest BCUT2D eigenvalue weighted by Gasteiger charge is -2.08. The summed E-state index contributed by atoms with van der Waals surface area (Å²) in [6.45, 7) is 4.23. The van der Waals surface area contributed by atoms with Crippen molar-refractivity contribution < 1.29 is 8.78 Å². The zero-order chi connectivity index (χ0) is 13.8. The van der Waals surface area contributed by atoms with E-state index in [9.17, 15) is 8.78 Å². The quantitative estimate of drug-likeness (QED) is 0.921. The molecule has 1 heterocycles. The van der Waals surface area contributed by atoms with E-state index in [0.29, 0.717) is 30.2 Å². The van der Waals surface area contributed by atoms with Crippen LogP contribution < -0.4 is 5.32 Å². The van der Waals surface area contributed by atoms with Crippen molar-refractivity contribution in [2.45, 2.75) is 20.3 Å². The number of hydrogen-bond acceptors (Lipinski definition) is 3. The maximum atomic E-state index is 13.4. The lowest BCUT2D eigenvalue weighted by Crippen LogP contribution is -2.09. The molecule has 0 amide bonds. The fourth-order valence-electron chi connectivity index (χ4n) is 1.86. The van der Waals surface area contributed by atoms with Gasteiger partial charge in [-0.25, -0.2) is 18.7 Å². The Bertz CT molecular complexity index is 565. The highest BCUT2D eigenvalue weighted by atomic mass is 19.1. The van der Waals surface area contributed by atoms with Crippen LogP contribution in [0.3, 0.4) is 0 Å². The van der Waals surface area contributed by atoms with Crippen molar-refractivity contribution in [2.24, 2.45) is 0 Å². The molecule has 0 saturated carbocycles. The molecule has 0 aliphatic heterocycles. The number of benzene rings is 1. The monoisotopic (exact) mass is 263 g/mol. The van der Waals surface area contributed by atoms with Gasteiger partial charge in [-0.2, -0.15) is 0 Å². The third-order valence-electron chi connectivity index (χ3n) is 2.68. The Morgan fingerprint density at radius 1 is 1.11 bits per heavy atom. The number of aryl methyl sites for hydroxylation is 2. The van der Waals surface area contributed by atoms with Crippen LogP contribution in [0.5, 0.6) is 0 Å². The molecule has 3 nitrogen and oxygen atoms in total. The molecule has 0 fully saturated rings. The summed E-state index contributed by atoms with van der Waals surface area (Å²) in [5, 5.41) is 3.11. The van der Waals surface area contributed by atoms with Crippen LogP contribution in [0.2, 0.25) is 0 Å². The van der Waals surface area contributed by atoms with Crippen molar-refractivity contribution in [2.75, 3.05) is 11.9 Å². The van der Waals surface area contributed by atoms with Gasteiger partial charge in [0.25, 0.3) is 0 Å². The average Bonchev–Trinajstić information content (AvgIpc) is 2.30. The zero-order valence-corrected chi connectivity index (χ0v) is 10.9. The minimum Gasteiger partial charge on any atom is -0.370 e. The van der Waals surface area contributed by atoms with Gasteiger partial charge in [-0.3, -0.25) is 0 Å². The van der Waals surface area contributed by atoms with Gasteiger partial charge in [0.1, 0.15) is 23.3 Å². The van der Waals surface area contributed by atoms with E-state index in [0.717, 1.165) is 11.8 Å². The third-order valence-corrected chi connectivity index (χ3v) is 2.68. The van der Waals surface area contributed by atoms with Crippen LogP contribution in [-0.2, 0) is 6.42 Å². The molecule has 19 heavy (non-hydrogen) atoms. The normalized spacial score (nSPS) is 10.5. The standard InChI is InChI=1S/C14H15F2N3/c1-9-7-14(19-10(2)18-9)17-6-5-11-3-4-12(15)8-13(11)16/h3-4,7-8H,5-6H2,1-2H3,(H,17,18,19). The molecule has 0 radical (unpaired) electrons. The van der Waals surface area contributed by atoms with Crippen molar-refractivity contribution in [3.8, 4) is 0 Å². The van der Waals surface area contributed by atoms with Crippen molar-refractivity contribution >= 4 is 5.82 Å². The van der Waals surface area contributed by atoms with Gasteiger partial charge in [-0.1, -0.05) is 6.07 Å². The van der Waals surface area contributed by atoms with Gasteiger partial charge < -0.3 is 5.32 Å². The van der Waals surface area contributed by atoms with E-state index in [-0.39, 0.29) is 0 Å². The Hall–Kier alpha value is -2.04. The first kappa shape index (κ1) is 13.4. The largest absolute Gasteiger partial charge is 0.370 e. The van der Waals surface area contributed by atoms with E-state index in [4.69, 9.17) is 0 Å². The van der Waals surface area contributed by atoms with Crippen LogP contribution in [0.15, 0.2) is 24.3 Å². The predicted molar refractivity (Wildman–Crippen MR) is 70.1 cm³/mol. The lowest BCUT2D eigenvalue weighted by atomic mass is 10.1. The Kier molecular flexibility index (Phi) is 4.04. The Morgan fingerprint density at radius 2 is 1.89 bits per heavy atom. The van der Waals surface area contributed by atoms with E-state index in [1.807, 2.05) is 19.9 Å². The highest BCUT2D eigenvalue weighted by Crippen LogP contribution is 2.11. The minimum absolute atomic E-state index is 0.466. The number of hydrogen-bond donors (Lipinski definition) is 1. The second kappa shape index (κ2) is 5.73. The van der Waals surface area contributed by atoms with Crippen LogP contribution in [0.25, 0.3) is 0 Å². The molecule has 5 heteroatoms. The summed E-state index contributed by atoms with van der Waals surface area (Å²) in [7, 11) is 0. The smallest absolute Gasteiger partial charge is 0.129 e. The van der Waals surface area contributed by atoms with E-state index in [2.05, 4.69) is 15.3 Å². The minimum atomic E-state index is -0.559. The molecule has 2 aromatic rings. The van der Waals surface area contributed by atoms with Crippen LogP contribution in [0.1, 0.15) is 17.1 Å². The zero-order valence-electron chi connectivity index (χ0n) is 10.9. The van der Waals surface area contributed by atoms with Gasteiger partial charge >= 0.3 is 0 Å². The van der Waals surface area contributed by atoms with Crippen LogP contribution in [-0.4, -0.2) is 16.5 Å². The summed E-state index contributed by atoms with van der Waals surface area (Å²) >= 11 is 0. The SMILES string of the molecule is Cc1cc(NCCc2ccc(F)cc2F)nc(C)n1. The number of halogens is 2. The molecule has 0 bridgehead atoms. The Morgan fingerprint density at radius 3 is 2.58 bits per heavy atom. The Balaban J connectivity index is 1.96. The molecule has 0 unspecified atom stereocenters. The maximum absolute atomic E-state index is 13.4. The van der Waals surface area contributed by atoms with Gasteiger partial charge in [0.05, 0.1) is 0 Å².